The summed E-state index contributed by atoms with van der Waals surface area (Å²) < 4.78 is 84.4. The lowest BCUT2D eigenvalue weighted by Gasteiger charge is -2.26. The fraction of sp³-hybridized carbons (Fsp3) is 0.294. The van der Waals surface area contributed by atoms with Crippen molar-refractivity contribution in [3.63, 3.8) is 0 Å². The van der Waals surface area contributed by atoms with Crippen molar-refractivity contribution in [3.8, 4) is 0 Å². The lowest BCUT2D eigenvalue weighted by Crippen LogP contribution is -2.49. The fourth-order valence-electron chi connectivity index (χ4n) is 2.66. The zero-order valence-corrected chi connectivity index (χ0v) is 12.1. The van der Waals surface area contributed by atoms with E-state index in [0.29, 0.717) is 12.8 Å². The Morgan fingerprint density at radius 2 is 1.65 bits per heavy atom. The molecule has 0 aliphatic heterocycles. The van der Waals surface area contributed by atoms with Gasteiger partial charge in [-0.25, -0.2) is 0 Å². The molecule has 0 aromatic heterocycles. The molecule has 2 aliphatic carbocycles. The average molecular weight is 332 g/mol. The SMILES string of the molecule is C=C/C=C(\C=C)C1=C(C2=CCCC=C2)C(F)(F)C(F)(F)C1(F)F. The van der Waals surface area contributed by atoms with Gasteiger partial charge in [-0.2, -0.15) is 26.3 Å². The molecule has 0 saturated carbocycles. The van der Waals surface area contributed by atoms with E-state index < -0.39 is 34.5 Å². The first-order chi connectivity index (χ1) is 10.6. The number of allylic oxidation sites excluding steroid dienone is 10. The molecule has 0 unspecified atom stereocenters. The Morgan fingerprint density at radius 3 is 2.13 bits per heavy atom. The summed E-state index contributed by atoms with van der Waals surface area (Å²) in [6, 6.07) is 0. The van der Waals surface area contributed by atoms with Crippen LogP contribution in [0.2, 0.25) is 0 Å². The predicted octanol–water partition coefficient (Wildman–Crippen LogP) is 5.78. The highest BCUT2D eigenvalue weighted by molar-refractivity contribution is 5.64. The first-order valence-electron chi connectivity index (χ1n) is 6.84. The Bertz CT molecular complexity index is 659. The van der Waals surface area contributed by atoms with Crippen LogP contribution in [0.3, 0.4) is 0 Å². The van der Waals surface area contributed by atoms with Gasteiger partial charge in [0.05, 0.1) is 0 Å². The second-order valence-corrected chi connectivity index (χ2v) is 5.17. The highest BCUT2D eigenvalue weighted by Crippen LogP contribution is 2.62. The zero-order valence-electron chi connectivity index (χ0n) is 12.1. The standard InChI is InChI=1S/C17H14F6/c1-3-8-11(4-2)13-14(12-9-6-5-7-10-12)16(20,21)17(22,23)15(13,18)19/h3-4,6,8-10H,1-2,5,7H2/b11-8+. The van der Waals surface area contributed by atoms with Gasteiger partial charge in [0, 0.05) is 11.1 Å². The van der Waals surface area contributed by atoms with Crippen molar-refractivity contribution in [1.29, 1.82) is 0 Å². The molecule has 124 valence electrons. The van der Waals surface area contributed by atoms with Gasteiger partial charge in [0.25, 0.3) is 0 Å². The molecule has 0 saturated heterocycles. The maximum absolute atomic E-state index is 14.2. The Hall–Kier alpha value is -1.98. The van der Waals surface area contributed by atoms with Gasteiger partial charge in [0.1, 0.15) is 0 Å². The van der Waals surface area contributed by atoms with Gasteiger partial charge in [-0.15, -0.1) is 0 Å². The minimum absolute atomic E-state index is 0.310. The maximum atomic E-state index is 14.2. The Labute approximate surface area is 129 Å². The van der Waals surface area contributed by atoms with Crippen LogP contribution in [0, 0.1) is 0 Å². The highest BCUT2D eigenvalue weighted by atomic mass is 19.3. The molecule has 0 N–H and O–H groups in total. The Kier molecular flexibility index (Phi) is 4.22. The van der Waals surface area contributed by atoms with Gasteiger partial charge in [0.2, 0.25) is 0 Å². The summed E-state index contributed by atoms with van der Waals surface area (Å²) in [6.07, 6.45) is 7.60. The molecule has 0 atom stereocenters. The van der Waals surface area contributed by atoms with Crippen LogP contribution in [0.15, 0.2) is 71.9 Å². The van der Waals surface area contributed by atoms with E-state index in [9.17, 15) is 26.3 Å². The van der Waals surface area contributed by atoms with Crippen molar-refractivity contribution in [1.82, 2.24) is 0 Å². The molecule has 0 aromatic rings. The molecule has 0 radical (unpaired) electrons. The fourth-order valence-corrected chi connectivity index (χ4v) is 2.66. The summed E-state index contributed by atoms with van der Waals surface area (Å²) in [5, 5.41) is 0. The molecule has 0 spiro atoms. The zero-order chi connectivity index (χ0) is 17.5. The average Bonchev–Trinajstić information content (AvgIpc) is 2.60. The molecule has 0 nitrogen and oxygen atoms in total. The van der Waals surface area contributed by atoms with Gasteiger partial charge in [0.15, 0.2) is 0 Å². The molecule has 0 heterocycles. The number of hydrogen-bond acceptors (Lipinski definition) is 0. The van der Waals surface area contributed by atoms with Gasteiger partial charge in [-0.1, -0.05) is 49.6 Å². The van der Waals surface area contributed by atoms with E-state index in [4.69, 9.17) is 0 Å². The normalized spacial score (nSPS) is 25.3. The largest absolute Gasteiger partial charge is 0.380 e. The van der Waals surface area contributed by atoms with Crippen LogP contribution in [-0.4, -0.2) is 17.8 Å². The number of hydrogen-bond donors (Lipinski definition) is 0. The molecule has 0 aromatic carbocycles. The smallest absolute Gasteiger partial charge is 0.194 e. The summed E-state index contributed by atoms with van der Waals surface area (Å²) >= 11 is 0. The monoisotopic (exact) mass is 332 g/mol. The molecule has 0 bridgehead atoms. The van der Waals surface area contributed by atoms with Crippen LogP contribution >= 0.6 is 0 Å². The molecule has 6 heteroatoms. The van der Waals surface area contributed by atoms with Crippen molar-refractivity contribution < 1.29 is 26.3 Å². The highest BCUT2D eigenvalue weighted by Gasteiger charge is 2.80. The number of alkyl halides is 6. The van der Waals surface area contributed by atoms with Crippen LogP contribution in [0.5, 0.6) is 0 Å². The van der Waals surface area contributed by atoms with Gasteiger partial charge in [-0.05, 0) is 24.0 Å². The molecule has 0 fully saturated rings. The van der Waals surface area contributed by atoms with E-state index in [1.165, 1.54) is 18.2 Å². The summed E-state index contributed by atoms with van der Waals surface area (Å²) in [4.78, 5) is 0. The van der Waals surface area contributed by atoms with Gasteiger partial charge < -0.3 is 0 Å². The third kappa shape index (κ3) is 2.31. The maximum Gasteiger partial charge on any atom is 0.380 e. The van der Waals surface area contributed by atoms with E-state index in [2.05, 4.69) is 13.2 Å². The molecular weight excluding hydrogens is 318 g/mol. The lowest BCUT2D eigenvalue weighted by molar-refractivity contribution is -0.263. The quantitative estimate of drug-likeness (QED) is 0.452. The topological polar surface area (TPSA) is 0 Å². The minimum Gasteiger partial charge on any atom is -0.194 e. The van der Waals surface area contributed by atoms with E-state index >= 15 is 0 Å². The first-order valence-corrected chi connectivity index (χ1v) is 6.84. The summed E-state index contributed by atoms with van der Waals surface area (Å²) in [5.41, 5.74) is -3.57. The van der Waals surface area contributed by atoms with Crippen molar-refractivity contribution in [2.24, 2.45) is 0 Å². The third-order valence-corrected chi connectivity index (χ3v) is 3.76. The molecular formula is C17H14F6. The molecule has 2 aliphatic rings. The van der Waals surface area contributed by atoms with E-state index in [1.807, 2.05) is 0 Å². The lowest BCUT2D eigenvalue weighted by atomic mass is 9.91. The van der Waals surface area contributed by atoms with Crippen LogP contribution in [-0.2, 0) is 0 Å². The number of halogens is 6. The van der Waals surface area contributed by atoms with Gasteiger partial charge in [-0.3, -0.25) is 0 Å². The predicted molar refractivity (Wildman–Crippen MR) is 76.8 cm³/mol. The second kappa shape index (κ2) is 5.58. The van der Waals surface area contributed by atoms with Crippen LogP contribution in [0.25, 0.3) is 0 Å². The van der Waals surface area contributed by atoms with Crippen LogP contribution in [0.1, 0.15) is 12.8 Å². The first kappa shape index (κ1) is 17.4. The van der Waals surface area contributed by atoms with Crippen molar-refractivity contribution in [3.05, 3.63) is 71.9 Å². The summed E-state index contributed by atoms with van der Waals surface area (Å²) in [7, 11) is 0. The molecule has 23 heavy (non-hydrogen) atoms. The van der Waals surface area contributed by atoms with Crippen LogP contribution in [0.4, 0.5) is 26.3 Å². The summed E-state index contributed by atoms with van der Waals surface area (Å²) in [6.45, 7) is 6.54. The Balaban J connectivity index is 2.86. The summed E-state index contributed by atoms with van der Waals surface area (Å²) in [5.74, 6) is -15.6. The van der Waals surface area contributed by atoms with Crippen LogP contribution < -0.4 is 0 Å². The van der Waals surface area contributed by atoms with E-state index in [1.54, 1.807) is 0 Å². The second-order valence-electron chi connectivity index (χ2n) is 5.17. The minimum atomic E-state index is -5.53. The van der Waals surface area contributed by atoms with Gasteiger partial charge >= 0.3 is 17.8 Å². The Morgan fingerprint density at radius 1 is 1.00 bits per heavy atom. The molecule has 2 rings (SSSR count). The van der Waals surface area contributed by atoms with E-state index in [0.717, 1.165) is 18.2 Å². The van der Waals surface area contributed by atoms with E-state index in [-0.39, 0.29) is 5.57 Å². The molecule has 0 amide bonds. The van der Waals surface area contributed by atoms with Crippen molar-refractivity contribution >= 4 is 0 Å². The van der Waals surface area contributed by atoms with Crippen molar-refractivity contribution in [2.75, 3.05) is 0 Å². The number of rotatable bonds is 4. The van der Waals surface area contributed by atoms with Crippen molar-refractivity contribution in [2.45, 2.75) is 30.6 Å². The third-order valence-electron chi connectivity index (χ3n) is 3.76.